The van der Waals surface area contributed by atoms with Crippen molar-refractivity contribution >= 4 is 33.6 Å². The molecule has 0 aromatic rings. The average Bonchev–Trinajstić information content (AvgIpc) is 1.15. The van der Waals surface area contributed by atoms with Gasteiger partial charge < -0.3 is 34.2 Å². The maximum absolute atomic E-state index is 12.9. The molecule has 0 radical (unpaired) electrons. The van der Waals surface area contributed by atoms with Gasteiger partial charge in [0, 0.05) is 19.3 Å². The van der Waals surface area contributed by atoms with E-state index in [0.717, 1.165) is 148 Å². The number of esters is 3. The molecule has 5 atom stereocenters. The summed E-state index contributed by atoms with van der Waals surface area (Å²) in [6, 6.07) is 0. The van der Waals surface area contributed by atoms with Gasteiger partial charge in [-0.3, -0.25) is 32.5 Å². The van der Waals surface area contributed by atoms with E-state index < -0.39 is 91.5 Å². The third kappa shape index (κ3) is 74.9. The number of carbonyl (C=O) groups is 3. The van der Waals surface area contributed by atoms with Crippen LogP contribution in [-0.2, 0) is 55.8 Å². The van der Waals surface area contributed by atoms with Gasteiger partial charge in [-0.25, -0.2) is 9.13 Å². The van der Waals surface area contributed by atoms with Crippen LogP contribution < -0.4 is 0 Å². The first-order valence-corrected chi connectivity index (χ1v) is 41.8. The molecule has 0 aromatic heterocycles. The molecule has 0 aromatic carbocycles. The summed E-state index contributed by atoms with van der Waals surface area (Å²) in [6.07, 6.45) is 86.8. The van der Waals surface area contributed by atoms with Gasteiger partial charge in [0.05, 0.1) is 26.4 Å². The Hall–Kier alpha value is -4.05. The highest BCUT2D eigenvalue weighted by Crippen LogP contribution is 2.45. The molecule has 0 aliphatic heterocycles. The molecule has 0 heterocycles. The summed E-state index contributed by atoms with van der Waals surface area (Å²) < 4.78 is 61.0. The van der Waals surface area contributed by atoms with Gasteiger partial charge in [0.1, 0.15) is 25.4 Å². The molecule has 0 saturated carbocycles. The van der Waals surface area contributed by atoms with E-state index >= 15 is 0 Å². The van der Waals surface area contributed by atoms with E-state index in [1.54, 1.807) is 0 Å². The Morgan fingerprint density at radius 3 is 0.869 bits per heavy atom. The van der Waals surface area contributed by atoms with Crippen molar-refractivity contribution in [1.82, 2.24) is 0 Å². The number of hydrogen-bond acceptors (Lipinski definition) is 14. The van der Waals surface area contributed by atoms with Crippen LogP contribution in [0.4, 0.5) is 0 Å². The monoisotopic (exact) mass is 1430 g/mol. The molecule has 0 rings (SSSR count). The highest BCUT2D eigenvalue weighted by Gasteiger charge is 2.29. The van der Waals surface area contributed by atoms with Crippen molar-refractivity contribution in [2.75, 3.05) is 39.6 Å². The molecule has 570 valence electrons. The highest BCUT2D eigenvalue weighted by atomic mass is 31.2. The molecule has 0 aliphatic rings. The number of ether oxygens (including phenoxy) is 3. The number of phosphoric ester groups is 2. The lowest BCUT2D eigenvalue weighted by molar-refractivity contribution is -0.161. The van der Waals surface area contributed by atoms with Gasteiger partial charge in [-0.05, 0) is 116 Å². The van der Waals surface area contributed by atoms with Crippen LogP contribution in [-0.4, -0.2) is 95.9 Å². The SMILES string of the molecule is CC/C=C\C/C=C\C/C=C\C/C=C\C/C=C\C/C=C\CCCCCCCCC(=O)OCC(COP(=O)(O)OCC(O)COP(=O)(O)OCC(O)COC(=O)CCCCCCCCCCCCC/C=C\C/C=C\C/C=C\C/C=C\CCCCC)OC(=O)CCCCCCCCCCCCC. The van der Waals surface area contributed by atoms with Crippen LogP contribution in [0.25, 0.3) is 0 Å². The Balaban J connectivity index is 4.50. The van der Waals surface area contributed by atoms with Crippen molar-refractivity contribution < 1.29 is 75.8 Å². The lowest BCUT2D eigenvalue weighted by Gasteiger charge is -2.21. The molecule has 4 N–H and O–H groups in total. The number of allylic oxidation sites excluding steroid dienone is 20. The van der Waals surface area contributed by atoms with Crippen molar-refractivity contribution in [2.24, 2.45) is 0 Å². The Kier molecular flexibility index (Phi) is 70.7. The Labute approximate surface area is 602 Å². The number of phosphoric acid groups is 2. The molecule has 0 aliphatic carbocycles. The molecule has 0 fully saturated rings. The zero-order valence-corrected chi connectivity index (χ0v) is 63.9. The fraction of sp³-hybridized carbons (Fsp3) is 0.716. The number of aliphatic hydroxyl groups excluding tert-OH is 2. The van der Waals surface area contributed by atoms with Gasteiger partial charge in [0.15, 0.2) is 6.10 Å². The van der Waals surface area contributed by atoms with Crippen molar-refractivity contribution in [3.8, 4) is 0 Å². The highest BCUT2D eigenvalue weighted by molar-refractivity contribution is 7.47. The number of hydrogen-bond donors (Lipinski definition) is 4. The summed E-state index contributed by atoms with van der Waals surface area (Å²) in [5, 5.41) is 20.6. The molecule has 16 nitrogen and oxygen atoms in total. The van der Waals surface area contributed by atoms with Crippen molar-refractivity contribution in [3.63, 3.8) is 0 Å². The summed E-state index contributed by atoms with van der Waals surface area (Å²) in [6.45, 7) is 2.52. The third-order valence-electron chi connectivity index (χ3n) is 16.2. The second-order valence-electron chi connectivity index (χ2n) is 25.8. The summed E-state index contributed by atoms with van der Waals surface area (Å²) in [4.78, 5) is 58.5. The van der Waals surface area contributed by atoms with Crippen LogP contribution in [0.15, 0.2) is 122 Å². The average molecular weight is 1430 g/mol. The smallest absolute Gasteiger partial charge is 0.463 e. The maximum Gasteiger partial charge on any atom is 0.472 e. The summed E-state index contributed by atoms with van der Waals surface area (Å²) in [5.41, 5.74) is 0. The van der Waals surface area contributed by atoms with Crippen LogP contribution in [0, 0.1) is 0 Å². The number of aliphatic hydroxyl groups is 2. The first-order valence-electron chi connectivity index (χ1n) is 38.8. The summed E-state index contributed by atoms with van der Waals surface area (Å²) in [7, 11) is -9.78. The van der Waals surface area contributed by atoms with Crippen molar-refractivity contribution in [1.29, 1.82) is 0 Å². The fourth-order valence-electron chi connectivity index (χ4n) is 10.3. The van der Waals surface area contributed by atoms with E-state index in [-0.39, 0.29) is 19.3 Å². The lowest BCUT2D eigenvalue weighted by atomic mass is 10.0. The van der Waals surface area contributed by atoms with Gasteiger partial charge in [0.2, 0.25) is 0 Å². The minimum absolute atomic E-state index is 0.101. The predicted octanol–water partition coefficient (Wildman–Crippen LogP) is 22.5. The van der Waals surface area contributed by atoms with E-state index in [1.807, 2.05) is 0 Å². The molecule has 0 amide bonds. The molecular formula is C81H140O16P2. The topological polar surface area (TPSA) is 231 Å². The standard InChI is InChI=1S/C81H140O16P2/c1-4-7-10-13-16-19-22-24-26-28-30-32-34-36-37-39-41-42-44-46-48-50-53-55-58-61-64-67-79(84)91-70-76(82)71-93-98(87,88)94-72-77(83)73-95-99(89,90)96-75-78(97-81(86)69-66-63-60-57-52-21-18-15-12-9-6-3)74-92-80(85)68-65-62-59-56-54-51-49-47-45-43-40-38-35-33-31-29-27-25-23-20-17-14-11-8-5-2/h8,11,16-17,19-20,24-27,30-33,36-38,40,45,47,76-78,82-83H,4-7,9-10,12-15,18,21-23,28-29,34-35,39,41-44,46,48-75H2,1-3H3,(H,87,88)(H,89,90)/b11-8-,19-16-,20-17-,26-24-,27-25-,32-30-,33-31-,37-36-,40-38-,47-45-. The van der Waals surface area contributed by atoms with Gasteiger partial charge >= 0.3 is 33.6 Å². The quantitative estimate of drug-likeness (QED) is 0.0146. The molecule has 0 spiro atoms. The summed E-state index contributed by atoms with van der Waals surface area (Å²) >= 11 is 0. The molecule has 99 heavy (non-hydrogen) atoms. The van der Waals surface area contributed by atoms with E-state index in [9.17, 15) is 43.5 Å². The Morgan fingerprint density at radius 1 is 0.293 bits per heavy atom. The van der Waals surface area contributed by atoms with E-state index in [0.29, 0.717) is 19.3 Å². The zero-order chi connectivity index (χ0) is 72.3. The van der Waals surface area contributed by atoms with E-state index in [2.05, 4.69) is 142 Å². The predicted molar refractivity (Wildman–Crippen MR) is 408 cm³/mol. The van der Waals surface area contributed by atoms with Gasteiger partial charge in [-0.2, -0.15) is 0 Å². The Bertz CT molecular complexity index is 2290. The maximum atomic E-state index is 12.9. The third-order valence-corrected chi connectivity index (χ3v) is 18.1. The number of carbonyl (C=O) groups excluding carboxylic acids is 3. The normalized spacial score (nSPS) is 14.7. The van der Waals surface area contributed by atoms with Crippen LogP contribution in [0.5, 0.6) is 0 Å². The molecule has 18 heteroatoms. The van der Waals surface area contributed by atoms with Crippen LogP contribution in [0.2, 0.25) is 0 Å². The summed E-state index contributed by atoms with van der Waals surface area (Å²) in [5.74, 6) is -1.59. The van der Waals surface area contributed by atoms with Crippen LogP contribution in [0.1, 0.15) is 316 Å². The minimum atomic E-state index is -4.93. The van der Waals surface area contributed by atoms with Crippen LogP contribution in [0.3, 0.4) is 0 Å². The van der Waals surface area contributed by atoms with Crippen molar-refractivity contribution in [2.45, 2.75) is 334 Å². The zero-order valence-electron chi connectivity index (χ0n) is 62.1. The molecule has 5 unspecified atom stereocenters. The van der Waals surface area contributed by atoms with Crippen molar-refractivity contribution in [3.05, 3.63) is 122 Å². The number of unbranched alkanes of at least 4 members (excludes halogenated alkanes) is 30. The van der Waals surface area contributed by atoms with Gasteiger partial charge in [0.25, 0.3) is 0 Å². The lowest BCUT2D eigenvalue weighted by Crippen LogP contribution is -2.30. The second-order valence-corrected chi connectivity index (χ2v) is 28.7. The first kappa shape index (κ1) is 94.9. The second kappa shape index (κ2) is 73.7. The van der Waals surface area contributed by atoms with E-state index in [1.165, 1.54) is 109 Å². The fourth-order valence-corrected chi connectivity index (χ4v) is 11.8. The molecule has 0 saturated heterocycles. The van der Waals surface area contributed by atoms with E-state index in [4.69, 9.17) is 32.3 Å². The largest absolute Gasteiger partial charge is 0.472 e. The molecular weight excluding hydrogens is 1290 g/mol. The van der Waals surface area contributed by atoms with Gasteiger partial charge in [-0.15, -0.1) is 0 Å². The first-order chi connectivity index (χ1) is 48.2. The molecule has 0 bridgehead atoms. The number of rotatable bonds is 73. The van der Waals surface area contributed by atoms with Gasteiger partial charge in [-0.1, -0.05) is 303 Å². The minimum Gasteiger partial charge on any atom is -0.463 e. The Morgan fingerprint density at radius 2 is 0.535 bits per heavy atom. The van der Waals surface area contributed by atoms with Crippen LogP contribution >= 0.6 is 15.6 Å².